The third-order valence-corrected chi connectivity index (χ3v) is 5.31. The van der Waals surface area contributed by atoms with Crippen molar-refractivity contribution in [3.63, 3.8) is 0 Å². The molecule has 0 aromatic heterocycles. The molecule has 108 valence electrons. The quantitative estimate of drug-likeness (QED) is 0.832. The molecule has 0 bridgehead atoms. The van der Waals surface area contributed by atoms with Gasteiger partial charge in [0.2, 0.25) is 0 Å². The zero-order valence-corrected chi connectivity index (χ0v) is 12.8. The smallest absolute Gasteiger partial charge is 0.120 e. The Balaban J connectivity index is 1.68. The largest absolute Gasteiger partial charge is 0.490 e. The van der Waals surface area contributed by atoms with Crippen molar-refractivity contribution in [2.75, 3.05) is 17.7 Å². The summed E-state index contributed by atoms with van der Waals surface area (Å²) in [6.45, 7) is 0. The molecular weight excluding hydrogens is 280 g/mol. The molecule has 4 heteroatoms. The Morgan fingerprint density at radius 3 is 2.52 bits per heavy atom. The van der Waals surface area contributed by atoms with E-state index in [1.807, 2.05) is 12.1 Å². The highest BCUT2D eigenvalue weighted by molar-refractivity contribution is 7.99. The molecular formula is C17H18N2OS. The summed E-state index contributed by atoms with van der Waals surface area (Å²) in [6.07, 6.45) is 4.07. The SMILES string of the molecule is CN1c2ccc(N)cc2Sc2cc(OC3CCC3)ccc21. The van der Waals surface area contributed by atoms with Gasteiger partial charge in [0, 0.05) is 22.5 Å². The Bertz CT molecular complexity index is 697. The Morgan fingerprint density at radius 1 is 1.10 bits per heavy atom. The van der Waals surface area contributed by atoms with Crippen molar-refractivity contribution in [1.82, 2.24) is 0 Å². The van der Waals surface area contributed by atoms with Gasteiger partial charge >= 0.3 is 0 Å². The van der Waals surface area contributed by atoms with Gasteiger partial charge < -0.3 is 15.4 Å². The van der Waals surface area contributed by atoms with E-state index in [1.54, 1.807) is 11.8 Å². The highest BCUT2D eigenvalue weighted by Crippen LogP contribution is 2.49. The Labute approximate surface area is 129 Å². The minimum atomic E-state index is 0.414. The molecule has 1 heterocycles. The lowest BCUT2D eigenvalue weighted by molar-refractivity contribution is 0.120. The number of ether oxygens (including phenoxy) is 1. The first-order valence-corrected chi connectivity index (χ1v) is 8.14. The van der Waals surface area contributed by atoms with Crippen LogP contribution in [0.25, 0.3) is 0 Å². The van der Waals surface area contributed by atoms with Gasteiger partial charge in [-0.05, 0) is 55.7 Å². The van der Waals surface area contributed by atoms with Crippen LogP contribution in [0.5, 0.6) is 5.75 Å². The van der Waals surface area contributed by atoms with Crippen molar-refractivity contribution >= 4 is 28.8 Å². The molecule has 2 aromatic rings. The van der Waals surface area contributed by atoms with Crippen molar-refractivity contribution in [3.8, 4) is 5.75 Å². The van der Waals surface area contributed by atoms with Crippen LogP contribution in [0.3, 0.4) is 0 Å². The van der Waals surface area contributed by atoms with Crippen molar-refractivity contribution in [2.24, 2.45) is 0 Å². The Kier molecular flexibility index (Phi) is 3.00. The highest BCUT2D eigenvalue weighted by atomic mass is 32.2. The van der Waals surface area contributed by atoms with E-state index >= 15 is 0 Å². The average Bonchev–Trinajstić information content (AvgIpc) is 2.42. The molecule has 0 unspecified atom stereocenters. The number of nitrogens with two attached hydrogens (primary N) is 1. The van der Waals surface area contributed by atoms with Crippen LogP contribution < -0.4 is 15.4 Å². The molecule has 2 aromatic carbocycles. The van der Waals surface area contributed by atoms with Gasteiger partial charge in [-0.3, -0.25) is 0 Å². The monoisotopic (exact) mass is 298 g/mol. The van der Waals surface area contributed by atoms with E-state index in [9.17, 15) is 0 Å². The second kappa shape index (κ2) is 4.88. The van der Waals surface area contributed by atoms with Gasteiger partial charge in [-0.15, -0.1) is 0 Å². The van der Waals surface area contributed by atoms with Gasteiger partial charge in [-0.2, -0.15) is 0 Å². The van der Waals surface area contributed by atoms with Crippen LogP contribution in [-0.2, 0) is 0 Å². The van der Waals surface area contributed by atoms with E-state index in [2.05, 4.69) is 36.2 Å². The molecule has 1 aliphatic heterocycles. The number of nitrogens with zero attached hydrogens (tertiary/aromatic N) is 1. The fraction of sp³-hybridized carbons (Fsp3) is 0.294. The zero-order chi connectivity index (χ0) is 14.4. The number of benzene rings is 2. The lowest BCUT2D eigenvalue weighted by Crippen LogP contribution is -2.24. The summed E-state index contributed by atoms with van der Waals surface area (Å²) < 4.78 is 6.01. The van der Waals surface area contributed by atoms with Gasteiger partial charge in [-0.1, -0.05) is 11.8 Å². The van der Waals surface area contributed by atoms with Gasteiger partial charge in [0.15, 0.2) is 0 Å². The first kappa shape index (κ1) is 12.9. The molecule has 0 amide bonds. The predicted octanol–water partition coefficient (Wildman–Crippen LogP) is 4.43. The van der Waals surface area contributed by atoms with Crippen LogP contribution >= 0.6 is 11.8 Å². The van der Waals surface area contributed by atoms with Crippen LogP contribution in [-0.4, -0.2) is 13.2 Å². The van der Waals surface area contributed by atoms with Crippen LogP contribution in [0.15, 0.2) is 46.2 Å². The predicted molar refractivity (Wildman–Crippen MR) is 87.7 cm³/mol. The van der Waals surface area contributed by atoms with E-state index in [4.69, 9.17) is 10.5 Å². The van der Waals surface area contributed by atoms with Gasteiger partial charge in [0.25, 0.3) is 0 Å². The van der Waals surface area contributed by atoms with E-state index in [-0.39, 0.29) is 0 Å². The van der Waals surface area contributed by atoms with E-state index in [0.717, 1.165) is 11.4 Å². The molecule has 0 saturated heterocycles. The molecule has 1 saturated carbocycles. The van der Waals surface area contributed by atoms with Crippen molar-refractivity contribution < 1.29 is 4.74 Å². The number of nitrogen functional groups attached to an aromatic ring is 1. The third-order valence-electron chi connectivity index (χ3n) is 4.21. The summed E-state index contributed by atoms with van der Waals surface area (Å²) in [5, 5.41) is 0. The van der Waals surface area contributed by atoms with Crippen LogP contribution in [0.4, 0.5) is 17.1 Å². The summed E-state index contributed by atoms with van der Waals surface area (Å²) in [7, 11) is 2.10. The molecule has 4 rings (SSSR count). The molecule has 0 atom stereocenters. The zero-order valence-electron chi connectivity index (χ0n) is 12.0. The van der Waals surface area contributed by atoms with Crippen LogP contribution in [0.2, 0.25) is 0 Å². The minimum Gasteiger partial charge on any atom is -0.490 e. The summed E-state index contributed by atoms with van der Waals surface area (Å²) in [4.78, 5) is 4.64. The molecule has 21 heavy (non-hydrogen) atoms. The second-order valence-corrected chi connectivity index (χ2v) is 6.77. The molecule has 1 aliphatic carbocycles. The number of rotatable bonds is 2. The maximum absolute atomic E-state index is 6.01. The fourth-order valence-corrected chi connectivity index (χ4v) is 3.97. The first-order chi connectivity index (χ1) is 10.2. The Morgan fingerprint density at radius 2 is 1.81 bits per heavy atom. The molecule has 2 aliphatic rings. The van der Waals surface area contributed by atoms with E-state index < -0.39 is 0 Å². The van der Waals surface area contributed by atoms with Gasteiger partial charge in [-0.25, -0.2) is 0 Å². The normalized spacial score (nSPS) is 16.9. The first-order valence-electron chi connectivity index (χ1n) is 7.32. The molecule has 2 N–H and O–H groups in total. The number of fused-ring (bicyclic) bond motifs is 2. The summed E-state index contributed by atoms with van der Waals surface area (Å²) in [5.74, 6) is 0.978. The summed E-state index contributed by atoms with van der Waals surface area (Å²) in [6, 6.07) is 12.5. The number of hydrogen-bond acceptors (Lipinski definition) is 4. The summed E-state index contributed by atoms with van der Waals surface area (Å²) >= 11 is 1.77. The van der Waals surface area contributed by atoms with Crippen molar-refractivity contribution in [3.05, 3.63) is 36.4 Å². The lowest BCUT2D eigenvalue weighted by atomic mass is 9.96. The van der Waals surface area contributed by atoms with Crippen molar-refractivity contribution in [2.45, 2.75) is 35.2 Å². The van der Waals surface area contributed by atoms with Gasteiger partial charge in [0.05, 0.1) is 17.5 Å². The lowest BCUT2D eigenvalue weighted by Gasteiger charge is -2.31. The minimum absolute atomic E-state index is 0.414. The standard InChI is InChI=1S/C17H18N2OS/c1-19-14-7-5-11(18)9-16(14)21-17-10-13(6-8-15(17)19)20-12-3-2-4-12/h5-10,12H,2-4,18H2,1H3. The van der Waals surface area contributed by atoms with Crippen molar-refractivity contribution in [1.29, 1.82) is 0 Å². The van der Waals surface area contributed by atoms with Gasteiger partial charge in [0.1, 0.15) is 5.75 Å². The van der Waals surface area contributed by atoms with E-state index in [0.29, 0.717) is 6.10 Å². The Hall–Kier alpha value is -1.81. The molecule has 0 spiro atoms. The van der Waals surface area contributed by atoms with Crippen LogP contribution in [0, 0.1) is 0 Å². The maximum atomic E-state index is 6.01. The fourth-order valence-electron chi connectivity index (χ4n) is 2.75. The van der Waals surface area contributed by atoms with Crippen LogP contribution in [0.1, 0.15) is 19.3 Å². The molecule has 0 radical (unpaired) electrons. The topological polar surface area (TPSA) is 38.5 Å². The highest BCUT2D eigenvalue weighted by Gasteiger charge is 2.23. The third kappa shape index (κ3) is 2.23. The number of hydrogen-bond donors (Lipinski definition) is 1. The molecule has 3 nitrogen and oxygen atoms in total. The second-order valence-electron chi connectivity index (χ2n) is 5.69. The van der Waals surface area contributed by atoms with E-state index in [1.165, 1.54) is 40.4 Å². The average molecular weight is 298 g/mol. The number of anilines is 3. The summed E-state index contributed by atoms with van der Waals surface area (Å²) in [5.41, 5.74) is 9.14. The molecule has 1 fully saturated rings. The maximum Gasteiger partial charge on any atom is 0.120 e.